The second-order valence-corrected chi connectivity index (χ2v) is 6.86. The fourth-order valence-corrected chi connectivity index (χ4v) is 3.45. The van der Waals surface area contributed by atoms with Crippen LogP contribution in [0.4, 0.5) is 5.69 Å². The Morgan fingerprint density at radius 2 is 2.15 bits per heavy atom. The molecule has 2 aliphatic rings. The van der Waals surface area contributed by atoms with E-state index in [2.05, 4.69) is 25.2 Å². The summed E-state index contributed by atoms with van der Waals surface area (Å²) in [6.07, 6.45) is 4.56. The van der Waals surface area contributed by atoms with Gasteiger partial charge >= 0.3 is 0 Å². The molecule has 0 spiro atoms. The average Bonchev–Trinajstić information content (AvgIpc) is 2.45. The molecule has 1 N–H and O–H groups in total. The molecule has 1 aromatic rings. The Balaban J connectivity index is 1.87. The lowest BCUT2D eigenvalue weighted by Crippen LogP contribution is -2.43. The maximum atomic E-state index is 12.8. The normalized spacial score (nSPS) is 21.0. The summed E-state index contributed by atoms with van der Waals surface area (Å²) in [4.78, 5) is 14.9. The second-order valence-electron chi connectivity index (χ2n) is 6.86. The maximum absolute atomic E-state index is 12.8. The van der Waals surface area contributed by atoms with Crippen molar-refractivity contribution in [1.82, 2.24) is 4.90 Å². The number of piperidine rings is 1. The Morgan fingerprint density at radius 3 is 2.95 bits per heavy atom. The highest BCUT2D eigenvalue weighted by molar-refractivity contribution is 6.00. The first-order valence-electron chi connectivity index (χ1n) is 7.72. The fraction of sp³-hybridized carbons (Fsp3) is 0.588. The van der Waals surface area contributed by atoms with Crippen molar-refractivity contribution in [2.45, 2.75) is 39.5 Å². The van der Waals surface area contributed by atoms with Gasteiger partial charge in [-0.3, -0.25) is 4.79 Å². The van der Waals surface area contributed by atoms with E-state index in [1.54, 1.807) is 0 Å². The van der Waals surface area contributed by atoms with Gasteiger partial charge in [0.25, 0.3) is 5.91 Å². The molecule has 108 valence electrons. The summed E-state index contributed by atoms with van der Waals surface area (Å²) in [5, 5.41) is 3.42. The molecule has 0 aromatic heterocycles. The minimum Gasteiger partial charge on any atom is -0.384 e. The van der Waals surface area contributed by atoms with Gasteiger partial charge in [0.1, 0.15) is 0 Å². The molecule has 0 radical (unpaired) electrons. The van der Waals surface area contributed by atoms with E-state index in [4.69, 9.17) is 0 Å². The van der Waals surface area contributed by atoms with Gasteiger partial charge in [0.2, 0.25) is 0 Å². The molecule has 0 saturated carbocycles. The van der Waals surface area contributed by atoms with Gasteiger partial charge in [-0.05, 0) is 42.7 Å². The van der Waals surface area contributed by atoms with Crippen molar-refractivity contribution < 1.29 is 4.79 Å². The number of benzene rings is 1. The van der Waals surface area contributed by atoms with Crippen molar-refractivity contribution in [3.63, 3.8) is 0 Å². The monoisotopic (exact) mass is 272 g/mol. The van der Waals surface area contributed by atoms with Crippen LogP contribution in [0.25, 0.3) is 0 Å². The summed E-state index contributed by atoms with van der Waals surface area (Å²) in [6, 6.07) is 6.13. The van der Waals surface area contributed by atoms with Crippen LogP contribution >= 0.6 is 0 Å². The third-order valence-corrected chi connectivity index (χ3v) is 4.49. The highest BCUT2D eigenvalue weighted by Gasteiger charge is 2.30. The zero-order valence-electron chi connectivity index (χ0n) is 12.5. The molecule has 1 fully saturated rings. The largest absolute Gasteiger partial charge is 0.384 e. The second kappa shape index (κ2) is 5.12. The number of nitrogens with zero attached hydrogens (tertiary/aromatic N) is 1. The predicted octanol–water partition coefficient (Wildman–Crippen LogP) is 3.31. The Morgan fingerprint density at radius 1 is 1.30 bits per heavy atom. The van der Waals surface area contributed by atoms with E-state index in [9.17, 15) is 4.79 Å². The fourth-order valence-electron chi connectivity index (χ4n) is 3.45. The summed E-state index contributed by atoms with van der Waals surface area (Å²) in [5.74, 6) is 0.198. The number of carbonyl (C=O) groups excluding carboxylic acids is 1. The van der Waals surface area contributed by atoms with E-state index >= 15 is 0 Å². The first-order chi connectivity index (χ1) is 9.57. The van der Waals surface area contributed by atoms with E-state index in [0.29, 0.717) is 0 Å². The van der Waals surface area contributed by atoms with Gasteiger partial charge in [-0.1, -0.05) is 26.0 Å². The number of carbonyl (C=O) groups is 1. The first kappa shape index (κ1) is 13.5. The van der Waals surface area contributed by atoms with Crippen molar-refractivity contribution in [2.24, 2.45) is 5.41 Å². The Kier molecular flexibility index (Phi) is 3.45. The minimum atomic E-state index is 0.198. The number of amides is 1. The molecule has 0 bridgehead atoms. The SMILES string of the molecule is CC1(C)CCCN(C(=O)c2cccc3c2NCCC3)C1. The summed E-state index contributed by atoms with van der Waals surface area (Å²) in [5.41, 5.74) is 3.47. The number of hydrogen-bond donors (Lipinski definition) is 1. The van der Waals surface area contributed by atoms with Gasteiger partial charge in [0, 0.05) is 19.6 Å². The first-order valence-corrected chi connectivity index (χ1v) is 7.72. The molecule has 1 amide bonds. The summed E-state index contributed by atoms with van der Waals surface area (Å²) < 4.78 is 0. The van der Waals surface area contributed by atoms with Crippen LogP contribution in [0.15, 0.2) is 18.2 Å². The van der Waals surface area contributed by atoms with E-state index < -0.39 is 0 Å². The van der Waals surface area contributed by atoms with Gasteiger partial charge in [-0.25, -0.2) is 0 Å². The molecule has 1 saturated heterocycles. The summed E-state index contributed by atoms with van der Waals surface area (Å²) >= 11 is 0. The van der Waals surface area contributed by atoms with Crippen molar-refractivity contribution in [3.05, 3.63) is 29.3 Å². The molecular formula is C17H24N2O. The smallest absolute Gasteiger partial charge is 0.255 e. The number of fused-ring (bicyclic) bond motifs is 1. The third kappa shape index (κ3) is 2.54. The lowest BCUT2D eigenvalue weighted by Gasteiger charge is -2.38. The molecule has 0 atom stereocenters. The average molecular weight is 272 g/mol. The molecule has 0 aliphatic carbocycles. The number of aryl methyl sites for hydroxylation is 1. The Bertz CT molecular complexity index is 522. The summed E-state index contributed by atoms with van der Waals surface area (Å²) in [6.45, 7) is 7.25. The van der Waals surface area contributed by atoms with Gasteiger partial charge in [0.15, 0.2) is 0 Å². The molecular weight excluding hydrogens is 248 g/mol. The van der Waals surface area contributed by atoms with E-state index in [0.717, 1.165) is 50.1 Å². The molecule has 20 heavy (non-hydrogen) atoms. The van der Waals surface area contributed by atoms with Crippen LogP contribution in [0, 0.1) is 5.41 Å². The molecule has 2 heterocycles. The lowest BCUT2D eigenvalue weighted by molar-refractivity contribution is 0.0584. The van der Waals surface area contributed by atoms with Crippen molar-refractivity contribution in [2.75, 3.05) is 25.0 Å². The Hall–Kier alpha value is -1.51. The van der Waals surface area contributed by atoms with Crippen LogP contribution in [0.5, 0.6) is 0 Å². The Labute approximate surface area is 121 Å². The van der Waals surface area contributed by atoms with Crippen LogP contribution in [0.1, 0.15) is 49.0 Å². The van der Waals surface area contributed by atoms with Gasteiger partial charge in [0.05, 0.1) is 11.3 Å². The van der Waals surface area contributed by atoms with Crippen LogP contribution in [0.3, 0.4) is 0 Å². The molecule has 0 unspecified atom stereocenters. The van der Waals surface area contributed by atoms with Crippen molar-refractivity contribution >= 4 is 11.6 Å². The number of rotatable bonds is 1. The van der Waals surface area contributed by atoms with Crippen molar-refractivity contribution in [1.29, 1.82) is 0 Å². The standard InChI is InChI=1S/C17H24N2O/c1-17(2)9-5-11-19(12-17)16(20)14-8-3-6-13-7-4-10-18-15(13)14/h3,6,8,18H,4-5,7,9-12H2,1-2H3. The molecule has 2 aliphatic heterocycles. The number of nitrogens with one attached hydrogen (secondary N) is 1. The number of para-hydroxylation sites is 1. The van der Waals surface area contributed by atoms with Crippen LogP contribution in [-0.4, -0.2) is 30.4 Å². The highest BCUT2D eigenvalue weighted by Crippen LogP contribution is 2.32. The van der Waals surface area contributed by atoms with Gasteiger partial charge < -0.3 is 10.2 Å². The zero-order chi connectivity index (χ0) is 14.2. The predicted molar refractivity (Wildman–Crippen MR) is 82.2 cm³/mol. The van der Waals surface area contributed by atoms with E-state index in [1.165, 1.54) is 12.0 Å². The van der Waals surface area contributed by atoms with Gasteiger partial charge in [-0.2, -0.15) is 0 Å². The number of likely N-dealkylation sites (tertiary alicyclic amines) is 1. The molecule has 3 nitrogen and oxygen atoms in total. The quantitative estimate of drug-likeness (QED) is 0.850. The van der Waals surface area contributed by atoms with Crippen LogP contribution in [-0.2, 0) is 6.42 Å². The van der Waals surface area contributed by atoms with E-state index in [1.807, 2.05) is 17.0 Å². The minimum absolute atomic E-state index is 0.198. The van der Waals surface area contributed by atoms with Gasteiger partial charge in [-0.15, -0.1) is 0 Å². The lowest BCUT2D eigenvalue weighted by atomic mass is 9.84. The van der Waals surface area contributed by atoms with Crippen molar-refractivity contribution in [3.8, 4) is 0 Å². The zero-order valence-corrected chi connectivity index (χ0v) is 12.5. The van der Waals surface area contributed by atoms with Crippen LogP contribution < -0.4 is 5.32 Å². The molecule has 1 aromatic carbocycles. The van der Waals surface area contributed by atoms with Crippen LogP contribution in [0.2, 0.25) is 0 Å². The topological polar surface area (TPSA) is 32.3 Å². The summed E-state index contributed by atoms with van der Waals surface area (Å²) in [7, 11) is 0. The van der Waals surface area contributed by atoms with E-state index in [-0.39, 0.29) is 11.3 Å². The number of anilines is 1. The third-order valence-electron chi connectivity index (χ3n) is 4.49. The highest BCUT2D eigenvalue weighted by atomic mass is 16.2. The maximum Gasteiger partial charge on any atom is 0.255 e. The molecule has 3 heteroatoms. The molecule has 3 rings (SSSR count). The number of hydrogen-bond acceptors (Lipinski definition) is 2.